The molecule has 166 valence electrons. The van der Waals surface area contributed by atoms with Gasteiger partial charge in [-0.1, -0.05) is 31.2 Å². The zero-order valence-corrected chi connectivity index (χ0v) is 19.8. The van der Waals surface area contributed by atoms with Crippen molar-refractivity contribution >= 4 is 39.8 Å². The van der Waals surface area contributed by atoms with Gasteiger partial charge in [0.05, 0.1) is 18.4 Å². The predicted molar refractivity (Wildman–Crippen MR) is 134 cm³/mol. The number of carbonyl (C=O) groups is 1. The molecule has 32 heavy (non-hydrogen) atoms. The first-order valence-electron chi connectivity index (χ1n) is 10.9. The summed E-state index contributed by atoms with van der Waals surface area (Å²) in [5.41, 5.74) is 4.66. The molecule has 0 bridgehead atoms. The van der Waals surface area contributed by atoms with Crippen LogP contribution in [0.25, 0.3) is 0 Å². The van der Waals surface area contributed by atoms with E-state index >= 15 is 0 Å². The van der Waals surface area contributed by atoms with E-state index in [-0.39, 0.29) is 5.91 Å². The number of anilines is 2. The summed E-state index contributed by atoms with van der Waals surface area (Å²) in [5.74, 6) is 1.14. The van der Waals surface area contributed by atoms with E-state index in [1.165, 1.54) is 4.88 Å². The molecule has 6 heteroatoms. The van der Waals surface area contributed by atoms with Crippen molar-refractivity contribution in [3.8, 4) is 5.75 Å². The SMILES string of the molecule is COc1ccccc1NC(=O)c1c(N=Cc2ccc(N(C)C)cc2)sc2c1CC[C@@H](C)C2. The third kappa shape index (κ3) is 4.70. The van der Waals surface area contributed by atoms with Crippen molar-refractivity contribution in [3.63, 3.8) is 0 Å². The lowest BCUT2D eigenvalue weighted by molar-refractivity contribution is 0.102. The fourth-order valence-electron chi connectivity index (χ4n) is 3.99. The van der Waals surface area contributed by atoms with Crippen LogP contribution in [0.3, 0.4) is 0 Å². The molecule has 1 atom stereocenters. The summed E-state index contributed by atoms with van der Waals surface area (Å²) < 4.78 is 5.41. The molecule has 1 aliphatic rings. The van der Waals surface area contributed by atoms with Crippen LogP contribution in [-0.4, -0.2) is 33.3 Å². The first-order chi connectivity index (χ1) is 15.5. The molecular formula is C26H29N3O2S. The molecule has 0 saturated carbocycles. The van der Waals surface area contributed by atoms with Crippen molar-refractivity contribution in [2.45, 2.75) is 26.2 Å². The number of carbonyl (C=O) groups excluding carboxylic acids is 1. The maximum Gasteiger partial charge on any atom is 0.259 e. The molecule has 3 aromatic rings. The Labute approximate surface area is 193 Å². The van der Waals surface area contributed by atoms with Crippen LogP contribution >= 0.6 is 11.3 Å². The zero-order valence-electron chi connectivity index (χ0n) is 19.0. The Morgan fingerprint density at radius 3 is 2.66 bits per heavy atom. The summed E-state index contributed by atoms with van der Waals surface area (Å²) in [4.78, 5) is 21.5. The lowest BCUT2D eigenvalue weighted by Crippen LogP contribution is -2.17. The van der Waals surface area contributed by atoms with Gasteiger partial charge in [-0.05, 0) is 60.6 Å². The number of methoxy groups -OCH3 is 1. The van der Waals surface area contributed by atoms with Gasteiger partial charge in [0.2, 0.25) is 0 Å². The second-order valence-corrected chi connectivity index (χ2v) is 9.51. The van der Waals surface area contributed by atoms with Crippen LogP contribution in [0, 0.1) is 5.92 Å². The van der Waals surface area contributed by atoms with Gasteiger partial charge in [-0.15, -0.1) is 11.3 Å². The van der Waals surface area contributed by atoms with Gasteiger partial charge in [0.15, 0.2) is 0 Å². The average molecular weight is 448 g/mol. The summed E-state index contributed by atoms with van der Waals surface area (Å²) in [6.07, 6.45) is 4.85. The van der Waals surface area contributed by atoms with Gasteiger partial charge >= 0.3 is 0 Å². The molecule has 0 aliphatic heterocycles. The highest BCUT2D eigenvalue weighted by atomic mass is 32.1. The number of aliphatic imine (C=N–C) groups is 1. The van der Waals surface area contributed by atoms with Crippen LogP contribution < -0.4 is 15.0 Å². The van der Waals surface area contributed by atoms with E-state index < -0.39 is 0 Å². The topological polar surface area (TPSA) is 53.9 Å². The number of amides is 1. The van der Waals surface area contributed by atoms with E-state index in [2.05, 4.69) is 29.3 Å². The first kappa shape index (κ1) is 22.1. The molecule has 4 rings (SSSR count). The quantitative estimate of drug-likeness (QED) is 0.475. The van der Waals surface area contributed by atoms with Crippen molar-refractivity contribution in [1.82, 2.24) is 0 Å². The Bertz CT molecular complexity index is 1130. The minimum Gasteiger partial charge on any atom is -0.495 e. The number of hydrogen-bond acceptors (Lipinski definition) is 5. The molecule has 0 unspecified atom stereocenters. The Morgan fingerprint density at radius 2 is 1.94 bits per heavy atom. The van der Waals surface area contributed by atoms with Gasteiger partial charge in [-0.25, -0.2) is 4.99 Å². The molecule has 1 N–H and O–H groups in total. The van der Waals surface area contributed by atoms with E-state index in [1.807, 2.05) is 56.7 Å². The third-order valence-corrected chi connectivity index (χ3v) is 6.98. The molecular weight excluding hydrogens is 418 g/mol. The second kappa shape index (κ2) is 9.57. The van der Waals surface area contributed by atoms with Gasteiger partial charge in [0.25, 0.3) is 5.91 Å². The number of ether oxygens (including phenoxy) is 1. The predicted octanol–water partition coefficient (Wildman–Crippen LogP) is 5.95. The highest BCUT2D eigenvalue weighted by Gasteiger charge is 2.27. The summed E-state index contributed by atoms with van der Waals surface area (Å²) in [7, 11) is 5.65. The van der Waals surface area contributed by atoms with Crippen molar-refractivity contribution in [1.29, 1.82) is 0 Å². The lowest BCUT2D eigenvalue weighted by Gasteiger charge is -2.18. The molecule has 1 aliphatic carbocycles. The van der Waals surface area contributed by atoms with Crippen molar-refractivity contribution < 1.29 is 9.53 Å². The number of hydrogen-bond donors (Lipinski definition) is 1. The van der Waals surface area contributed by atoms with Crippen molar-refractivity contribution in [2.24, 2.45) is 10.9 Å². The van der Waals surface area contributed by atoms with E-state index in [0.717, 1.165) is 41.1 Å². The molecule has 2 aromatic carbocycles. The highest BCUT2D eigenvalue weighted by molar-refractivity contribution is 7.16. The van der Waals surface area contributed by atoms with Crippen LogP contribution in [0.15, 0.2) is 53.5 Å². The first-order valence-corrected chi connectivity index (χ1v) is 11.7. The Morgan fingerprint density at radius 1 is 1.19 bits per heavy atom. The number of nitrogens with one attached hydrogen (secondary N) is 1. The smallest absolute Gasteiger partial charge is 0.259 e. The number of thiophene rings is 1. The molecule has 0 radical (unpaired) electrons. The Balaban J connectivity index is 1.67. The molecule has 0 saturated heterocycles. The zero-order chi connectivity index (χ0) is 22.7. The Hall–Kier alpha value is -3.12. The fourth-order valence-corrected chi connectivity index (χ4v) is 5.34. The molecule has 1 heterocycles. The normalized spacial score (nSPS) is 15.4. The largest absolute Gasteiger partial charge is 0.495 e. The lowest BCUT2D eigenvalue weighted by atomic mass is 9.88. The minimum absolute atomic E-state index is 0.128. The molecule has 1 aromatic heterocycles. The monoisotopic (exact) mass is 447 g/mol. The van der Waals surface area contributed by atoms with Gasteiger partial charge in [-0.3, -0.25) is 4.79 Å². The van der Waals surface area contributed by atoms with Crippen LogP contribution in [0.5, 0.6) is 5.75 Å². The summed E-state index contributed by atoms with van der Waals surface area (Å²) in [6.45, 7) is 2.27. The molecule has 5 nitrogen and oxygen atoms in total. The maximum absolute atomic E-state index is 13.4. The summed E-state index contributed by atoms with van der Waals surface area (Å²) in [5, 5.41) is 3.82. The minimum atomic E-state index is -0.128. The number of nitrogens with zero attached hydrogens (tertiary/aromatic N) is 2. The van der Waals surface area contributed by atoms with Crippen LogP contribution in [0.2, 0.25) is 0 Å². The third-order valence-electron chi connectivity index (χ3n) is 5.82. The molecule has 1 amide bonds. The maximum atomic E-state index is 13.4. The average Bonchev–Trinajstić information content (AvgIpc) is 3.15. The van der Waals surface area contributed by atoms with E-state index in [9.17, 15) is 4.79 Å². The van der Waals surface area contributed by atoms with Crippen molar-refractivity contribution in [3.05, 3.63) is 70.1 Å². The van der Waals surface area contributed by atoms with Gasteiger partial charge in [0, 0.05) is 30.9 Å². The number of fused-ring (bicyclic) bond motifs is 1. The van der Waals surface area contributed by atoms with Gasteiger partial charge in [-0.2, -0.15) is 0 Å². The standard InChI is InChI=1S/C26H29N3O2S/c1-17-9-14-20-23(15-17)32-26(27-16-18-10-12-19(13-11-18)29(2)3)24(20)25(30)28-21-7-5-6-8-22(21)31-4/h5-8,10-13,16-17H,9,14-15H2,1-4H3,(H,28,30)/t17-/m1/s1. The van der Waals surface area contributed by atoms with Crippen LogP contribution in [-0.2, 0) is 12.8 Å². The molecule has 0 fully saturated rings. The summed E-state index contributed by atoms with van der Waals surface area (Å²) >= 11 is 1.64. The fraction of sp³-hybridized carbons (Fsp3) is 0.308. The highest BCUT2D eigenvalue weighted by Crippen LogP contribution is 2.41. The van der Waals surface area contributed by atoms with Gasteiger partial charge in [0.1, 0.15) is 10.8 Å². The van der Waals surface area contributed by atoms with E-state index in [4.69, 9.17) is 9.73 Å². The number of para-hydroxylation sites is 2. The van der Waals surface area contributed by atoms with Crippen molar-refractivity contribution in [2.75, 3.05) is 31.4 Å². The van der Waals surface area contributed by atoms with Crippen LogP contribution in [0.1, 0.15) is 39.7 Å². The van der Waals surface area contributed by atoms with E-state index in [1.54, 1.807) is 18.4 Å². The van der Waals surface area contributed by atoms with E-state index in [0.29, 0.717) is 22.9 Å². The number of rotatable bonds is 6. The van der Waals surface area contributed by atoms with Crippen LogP contribution in [0.4, 0.5) is 16.4 Å². The van der Waals surface area contributed by atoms with Gasteiger partial charge < -0.3 is 15.0 Å². The molecule has 0 spiro atoms. The number of benzene rings is 2. The Kier molecular flexibility index (Phi) is 6.61. The summed E-state index contributed by atoms with van der Waals surface area (Å²) in [6, 6.07) is 15.7. The second-order valence-electron chi connectivity index (χ2n) is 8.43.